The molecular weight excluding hydrogens is 1110 g/mol. The van der Waals surface area contributed by atoms with Gasteiger partial charge in [-0.1, -0.05) is 62.3 Å². The van der Waals surface area contributed by atoms with Crippen LogP contribution in [0.1, 0.15) is 83.5 Å². The van der Waals surface area contributed by atoms with E-state index in [-0.39, 0.29) is 82.6 Å². The number of pyridine rings is 2. The molecule has 0 spiro atoms. The number of aromatic nitrogens is 8. The summed E-state index contributed by atoms with van der Waals surface area (Å²) in [5.74, 6) is 0.399. The smallest absolute Gasteiger partial charge is 0.349 e. The normalized spacial score (nSPS) is 13.0. The zero-order valence-corrected chi connectivity index (χ0v) is 41.6. The molecule has 2 fully saturated rings. The van der Waals surface area contributed by atoms with Gasteiger partial charge < -0.3 is 29.6 Å². The number of hydrogen-bond acceptors (Lipinski definition) is 14. The van der Waals surface area contributed by atoms with Crippen LogP contribution >= 0.6 is 62.3 Å². The topological polar surface area (TPSA) is 267 Å². The summed E-state index contributed by atoms with van der Waals surface area (Å²) in [6.45, 7) is 0. The molecule has 0 atom stereocenters. The molecule has 0 bridgehead atoms. The number of rotatable bonds is 13. The van der Waals surface area contributed by atoms with Crippen molar-refractivity contribution in [1.82, 2.24) is 50.5 Å². The molecule has 8 rings (SSSR count). The van der Waals surface area contributed by atoms with Gasteiger partial charge in [-0.2, -0.15) is 14.9 Å². The number of alkyl halides is 4. The van der Waals surface area contributed by atoms with Crippen LogP contribution in [0, 0.1) is 0 Å². The van der Waals surface area contributed by atoms with Crippen molar-refractivity contribution in [1.29, 1.82) is 0 Å². The number of aromatic amines is 3. The molecular formula is C42H35BBrCl4F4N10O10. The second-order valence-corrected chi connectivity index (χ2v) is 17.4. The van der Waals surface area contributed by atoms with Crippen LogP contribution in [0.2, 0.25) is 20.1 Å². The fraction of sp³-hybridized carbons (Fsp3) is 0.286. The summed E-state index contributed by atoms with van der Waals surface area (Å²) < 4.78 is 72.7. The molecule has 2 aliphatic rings. The van der Waals surface area contributed by atoms with Crippen LogP contribution in [0.3, 0.4) is 0 Å². The Morgan fingerprint density at radius 3 is 1.51 bits per heavy atom. The number of methoxy groups -OCH3 is 2. The monoisotopic (exact) mass is 1150 g/mol. The Morgan fingerprint density at radius 2 is 1.12 bits per heavy atom. The van der Waals surface area contributed by atoms with Crippen LogP contribution < -0.4 is 52.1 Å². The Balaban J connectivity index is 0.000000226. The maximum Gasteiger partial charge on any atom is 0.349 e. The third-order valence-electron chi connectivity index (χ3n) is 10.1. The lowest BCUT2D eigenvalue weighted by atomic mass is 9.93. The van der Waals surface area contributed by atoms with Gasteiger partial charge in [-0.25, -0.2) is 42.2 Å². The first kappa shape index (κ1) is 56.4. The Labute approximate surface area is 432 Å². The van der Waals surface area contributed by atoms with Gasteiger partial charge in [0.2, 0.25) is 11.8 Å². The largest absolute Gasteiger partial charge is 0.494 e. The zero-order valence-electron chi connectivity index (χ0n) is 37.0. The predicted molar refractivity (Wildman–Crippen MR) is 258 cm³/mol. The van der Waals surface area contributed by atoms with E-state index in [1.807, 2.05) is 0 Å². The van der Waals surface area contributed by atoms with Gasteiger partial charge in [-0.15, -0.1) is 0 Å². The first-order valence-corrected chi connectivity index (χ1v) is 22.7. The van der Waals surface area contributed by atoms with E-state index in [0.29, 0.717) is 26.0 Å². The van der Waals surface area contributed by atoms with Crippen LogP contribution in [0.4, 0.5) is 17.6 Å². The van der Waals surface area contributed by atoms with Gasteiger partial charge in [0.15, 0.2) is 22.9 Å². The van der Waals surface area contributed by atoms with Crippen molar-refractivity contribution in [3.05, 3.63) is 138 Å². The lowest BCUT2D eigenvalue weighted by molar-refractivity contribution is 0.0904. The van der Waals surface area contributed by atoms with Gasteiger partial charge in [0.05, 0.1) is 63.5 Å². The Morgan fingerprint density at radius 1 is 0.694 bits per heavy atom. The number of benzene rings is 2. The molecule has 30 heteroatoms. The summed E-state index contributed by atoms with van der Waals surface area (Å²) in [7, 11) is 2.89. The summed E-state index contributed by atoms with van der Waals surface area (Å²) in [5.41, 5.74) is -6.13. The Bertz CT molecular complexity index is 3160. The molecule has 379 valence electrons. The number of ether oxygens (including phenoxy) is 4. The molecule has 0 unspecified atom stereocenters. The van der Waals surface area contributed by atoms with Crippen molar-refractivity contribution >= 4 is 82.6 Å². The van der Waals surface area contributed by atoms with Gasteiger partial charge in [-0.3, -0.25) is 29.1 Å². The van der Waals surface area contributed by atoms with E-state index in [1.54, 1.807) is 27.2 Å². The van der Waals surface area contributed by atoms with Crippen LogP contribution in [0.15, 0.2) is 72.4 Å². The minimum atomic E-state index is -3.21. The van der Waals surface area contributed by atoms with E-state index in [0.717, 1.165) is 43.0 Å². The highest BCUT2D eigenvalue weighted by Gasteiger charge is 2.26. The molecule has 2 amide bonds. The molecule has 72 heavy (non-hydrogen) atoms. The van der Waals surface area contributed by atoms with Gasteiger partial charge in [0.25, 0.3) is 35.8 Å². The predicted octanol–water partition coefficient (Wildman–Crippen LogP) is 7.89. The van der Waals surface area contributed by atoms with Crippen LogP contribution in [-0.2, 0) is 0 Å². The Hall–Kier alpha value is -6.48. The maximum absolute atomic E-state index is 13.0. The quantitative estimate of drug-likeness (QED) is 0.0544. The molecule has 0 saturated heterocycles. The van der Waals surface area contributed by atoms with Crippen molar-refractivity contribution in [2.24, 2.45) is 0 Å². The fourth-order valence-electron chi connectivity index (χ4n) is 6.11. The van der Waals surface area contributed by atoms with Crippen molar-refractivity contribution in [2.75, 3.05) is 14.2 Å². The highest BCUT2D eigenvalue weighted by atomic mass is 79.9. The van der Waals surface area contributed by atoms with Crippen LogP contribution in [0.25, 0.3) is 5.69 Å². The molecule has 3 radical (unpaired) electrons. The summed E-state index contributed by atoms with van der Waals surface area (Å²) in [6.07, 6.45) is 2.50. The zero-order chi connectivity index (χ0) is 51.7. The number of halogens is 9. The van der Waals surface area contributed by atoms with E-state index in [9.17, 15) is 46.3 Å². The standard InChI is InChI=1S/C21H17Cl2F2N5O5.C17H15BrCl2N2O3.C4H3F2N3O2.B/c1-34-14-8-26-15(7-11(14)19(31)27-9-3-2-4-9)35-17-12(22)5-10(6-13(17)23)30-21(33)28-20(32)16(29-30)18(24)25;1-24-14-8-21-15(7-11(14)17(23)22-10-3-2-4-10)25-16-12(19)5-9(18)6-13(16)20;5-2(6)1-3(10)7-4(11)9-8-1;/h5-9,18H,2-4H2,1H3,(H,27,31)(H,28,32,33);5-8,10H,2-4H2,1H3,(H,22,23);2H,(H2,7,9,10,11);. The van der Waals surface area contributed by atoms with Gasteiger partial charge in [0, 0.05) is 37.1 Å². The summed E-state index contributed by atoms with van der Waals surface area (Å²) in [6, 6.07) is 8.86. The first-order valence-electron chi connectivity index (χ1n) is 20.4. The molecule has 4 aromatic heterocycles. The Kier molecular flexibility index (Phi) is 19.8. The number of nitrogens with zero attached hydrogens (tertiary/aromatic N) is 5. The number of carbonyl (C=O) groups excluding carboxylic acids is 2. The number of nitrogens with one attached hydrogen (secondary N) is 5. The van der Waals surface area contributed by atoms with Gasteiger partial charge >= 0.3 is 11.4 Å². The van der Waals surface area contributed by atoms with E-state index >= 15 is 0 Å². The van der Waals surface area contributed by atoms with E-state index in [2.05, 4.69) is 46.7 Å². The van der Waals surface area contributed by atoms with E-state index < -0.39 is 46.7 Å². The lowest BCUT2D eigenvalue weighted by Crippen LogP contribution is -2.39. The third kappa shape index (κ3) is 14.1. The molecule has 2 aliphatic carbocycles. The molecule has 20 nitrogen and oxygen atoms in total. The third-order valence-corrected chi connectivity index (χ3v) is 11.7. The van der Waals surface area contributed by atoms with Gasteiger partial charge in [0.1, 0.15) is 11.5 Å². The molecule has 6 aromatic rings. The number of carbonyl (C=O) groups is 2. The van der Waals surface area contributed by atoms with E-state index in [4.69, 9.17) is 65.4 Å². The average molecular weight is 1150 g/mol. The fourth-order valence-corrected chi connectivity index (χ4v) is 7.95. The number of amides is 2. The molecule has 0 aliphatic heterocycles. The number of hydrogen-bond donors (Lipinski definition) is 5. The van der Waals surface area contributed by atoms with E-state index in [1.165, 1.54) is 50.9 Å². The number of H-pyrrole nitrogens is 3. The van der Waals surface area contributed by atoms with Crippen molar-refractivity contribution in [2.45, 2.75) is 63.5 Å². The van der Waals surface area contributed by atoms with Crippen LogP contribution in [0.5, 0.6) is 34.8 Å². The molecule has 2 aromatic carbocycles. The summed E-state index contributed by atoms with van der Waals surface area (Å²) >= 11 is 28.2. The van der Waals surface area contributed by atoms with Crippen LogP contribution in [-0.4, -0.2) is 86.4 Å². The first-order chi connectivity index (χ1) is 33.8. The summed E-state index contributed by atoms with van der Waals surface area (Å²) in [5, 5.41) is 14.2. The molecule has 5 N–H and O–H groups in total. The average Bonchev–Trinajstić information content (AvgIpc) is 3.28. The minimum Gasteiger partial charge on any atom is -0.494 e. The van der Waals surface area contributed by atoms with Crippen molar-refractivity contribution in [3.63, 3.8) is 0 Å². The second-order valence-electron chi connectivity index (χ2n) is 14.8. The lowest BCUT2D eigenvalue weighted by Gasteiger charge is -2.26. The minimum absolute atomic E-state index is 0. The van der Waals surface area contributed by atoms with Crippen molar-refractivity contribution < 1.29 is 46.1 Å². The molecule has 2 saturated carbocycles. The molecule has 4 heterocycles. The highest BCUT2D eigenvalue weighted by molar-refractivity contribution is 9.10. The van der Waals surface area contributed by atoms with Gasteiger partial charge in [-0.05, 0) is 62.8 Å². The second kappa shape index (κ2) is 25.3. The SMILES string of the molecule is COc1cnc(Oc2c(Cl)cc(-n3nc(C(F)F)c(=O)[nH]c3=O)cc2Cl)cc1C(=O)NC1CCC1.COc1cnc(Oc2c(Cl)cc(Br)cc2Cl)cc1C(=O)NC1CCC1.O=c1[nH]nc(C(F)F)c(=O)[nH]1.[B]. The maximum atomic E-state index is 13.0. The summed E-state index contributed by atoms with van der Waals surface area (Å²) in [4.78, 5) is 81.1. The van der Waals surface area contributed by atoms with Crippen molar-refractivity contribution in [3.8, 4) is 40.4 Å². The highest BCUT2D eigenvalue weighted by Crippen LogP contribution is 2.40.